The number of esters is 1. The summed E-state index contributed by atoms with van der Waals surface area (Å²) in [7, 11) is 0. The van der Waals surface area contributed by atoms with Gasteiger partial charge < -0.3 is 4.74 Å². The number of ketones is 2. The molecule has 0 saturated heterocycles. The van der Waals surface area contributed by atoms with E-state index < -0.39 is 23.5 Å². The third kappa shape index (κ3) is 3.03. The molecule has 1 unspecified atom stereocenters. The van der Waals surface area contributed by atoms with Crippen molar-refractivity contribution in [2.75, 3.05) is 6.61 Å². The molecule has 0 aromatic heterocycles. The second kappa shape index (κ2) is 5.04. The maximum atomic E-state index is 11.0. The Morgan fingerprint density at radius 2 is 2.00 bits per heavy atom. The molecule has 0 radical (unpaired) electrons. The number of carbonyl (C=O) groups is 3. The Morgan fingerprint density at radius 1 is 1.46 bits per heavy atom. The van der Waals surface area contributed by atoms with E-state index in [-0.39, 0.29) is 6.61 Å². The van der Waals surface area contributed by atoms with Crippen LogP contribution in [-0.4, -0.2) is 24.1 Å². The van der Waals surface area contributed by atoms with Crippen LogP contribution in [0.25, 0.3) is 0 Å². The van der Waals surface area contributed by atoms with Crippen molar-refractivity contribution < 1.29 is 19.1 Å². The van der Waals surface area contributed by atoms with Gasteiger partial charge in [-0.3, -0.25) is 14.4 Å². The molecular weight excluding hydrogens is 174 g/mol. The Bertz CT molecular complexity index is 276. The van der Waals surface area contributed by atoms with Crippen LogP contribution >= 0.6 is 0 Å². The summed E-state index contributed by atoms with van der Waals surface area (Å²) in [5.41, 5.74) is 0. The number of Topliss-reactive ketones (excluding diaryl/α,β-unsaturated/α-hetero) is 2. The minimum atomic E-state index is -1.58. The fourth-order valence-corrected chi connectivity index (χ4v) is 0.748. The van der Waals surface area contributed by atoms with Gasteiger partial charge >= 0.3 is 5.97 Å². The molecule has 0 N–H and O–H groups in total. The smallest absolute Gasteiger partial charge is 0.325 e. The van der Waals surface area contributed by atoms with Crippen LogP contribution in [0.4, 0.5) is 0 Å². The number of ether oxygens (including phenoxy) is 1. The molecule has 1 atom stereocenters. The van der Waals surface area contributed by atoms with Crippen LogP contribution in [0, 0.1) is 17.2 Å². The molecule has 5 nitrogen and oxygen atoms in total. The van der Waals surface area contributed by atoms with E-state index in [1.165, 1.54) is 6.07 Å². The van der Waals surface area contributed by atoms with Crippen molar-refractivity contribution in [3.8, 4) is 6.07 Å². The Kier molecular flexibility index (Phi) is 4.38. The minimum absolute atomic E-state index is 0.0708. The number of nitrogens with zero attached hydrogens (tertiary/aromatic N) is 1. The van der Waals surface area contributed by atoms with Gasteiger partial charge in [-0.2, -0.15) is 5.26 Å². The van der Waals surface area contributed by atoms with Crippen LogP contribution in [-0.2, 0) is 19.1 Å². The van der Waals surface area contributed by atoms with Gasteiger partial charge in [-0.15, -0.1) is 0 Å². The van der Waals surface area contributed by atoms with Gasteiger partial charge in [0.2, 0.25) is 0 Å². The number of carbonyl (C=O) groups excluding carboxylic acids is 3. The second-order valence-corrected chi connectivity index (χ2v) is 2.27. The van der Waals surface area contributed by atoms with Crippen LogP contribution in [0.2, 0.25) is 0 Å². The maximum Gasteiger partial charge on any atom is 0.325 e. The molecule has 0 fully saturated rings. The molecular formula is C8H9NO4. The quantitative estimate of drug-likeness (QED) is 0.343. The molecule has 0 aliphatic rings. The average molecular weight is 183 g/mol. The summed E-state index contributed by atoms with van der Waals surface area (Å²) in [5.74, 6) is -4.29. The van der Waals surface area contributed by atoms with Crippen molar-refractivity contribution in [2.45, 2.75) is 13.8 Å². The van der Waals surface area contributed by atoms with E-state index in [4.69, 9.17) is 5.26 Å². The Morgan fingerprint density at radius 3 is 2.31 bits per heavy atom. The molecule has 0 aliphatic heterocycles. The zero-order valence-corrected chi connectivity index (χ0v) is 7.36. The summed E-state index contributed by atoms with van der Waals surface area (Å²) < 4.78 is 4.46. The zero-order chi connectivity index (χ0) is 10.4. The molecule has 13 heavy (non-hydrogen) atoms. The topological polar surface area (TPSA) is 84.2 Å². The first-order chi connectivity index (χ1) is 6.04. The fourth-order valence-electron chi connectivity index (χ4n) is 0.748. The molecule has 70 valence electrons. The molecule has 0 amide bonds. The highest BCUT2D eigenvalue weighted by molar-refractivity contribution is 6.21. The highest BCUT2D eigenvalue weighted by Crippen LogP contribution is 2.03. The summed E-state index contributed by atoms with van der Waals surface area (Å²) in [6, 6.07) is 1.23. The van der Waals surface area contributed by atoms with Crippen LogP contribution in [0.3, 0.4) is 0 Å². The first-order valence-corrected chi connectivity index (χ1v) is 3.65. The third-order valence-electron chi connectivity index (χ3n) is 1.30. The summed E-state index contributed by atoms with van der Waals surface area (Å²) in [6.45, 7) is 2.68. The van der Waals surface area contributed by atoms with E-state index in [1.807, 2.05) is 0 Å². The van der Waals surface area contributed by atoms with Crippen molar-refractivity contribution >= 4 is 17.5 Å². The number of hydrogen-bond acceptors (Lipinski definition) is 5. The van der Waals surface area contributed by atoms with Crippen molar-refractivity contribution in [3.63, 3.8) is 0 Å². The van der Waals surface area contributed by atoms with Crippen LogP contribution in [0.15, 0.2) is 0 Å². The van der Waals surface area contributed by atoms with Crippen molar-refractivity contribution in [1.82, 2.24) is 0 Å². The van der Waals surface area contributed by atoms with Gasteiger partial charge in [-0.25, -0.2) is 0 Å². The molecule has 0 heterocycles. The molecule has 0 rings (SSSR count). The summed E-state index contributed by atoms with van der Waals surface area (Å²) in [5, 5.41) is 8.21. The van der Waals surface area contributed by atoms with Gasteiger partial charge in [0.25, 0.3) is 5.78 Å². The standard InChI is InChI=1S/C8H9NO4/c1-3-13-8(12)7(5(2)10)6(11)4-9/h7H,3H2,1-2H3. The first-order valence-electron chi connectivity index (χ1n) is 3.65. The van der Waals surface area contributed by atoms with E-state index >= 15 is 0 Å². The molecule has 0 bridgehead atoms. The Hall–Kier alpha value is -1.70. The molecule has 0 aliphatic carbocycles. The second-order valence-electron chi connectivity index (χ2n) is 2.27. The van der Waals surface area contributed by atoms with Gasteiger partial charge in [0.15, 0.2) is 11.7 Å². The lowest BCUT2D eigenvalue weighted by molar-refractivity contribution is -0.153. The third-order valence-corrected chi connectivity index (χ3v) is 1.30. The lowest BCUT2D eigenvalue weighted by Gasteiger charge is -2.06. The van der Waals surface area contributed by atoms with E-state index in [1.54, 1.807) is 6.92 Å². The first kappa shape index (κ1) is 11.3. The molecule has 0 aromatic rings. The SMILES string of the molecule is CCOC(=O)C(C(C)=O)C(=O)C#N. The fraction of sp³-hybridized carbons (Fsp3) is 0.500. The number of nitriles is 1. The van der Waals surface area contributed by atoms with Gasteiger partial charge in [0.05, 0.1) is 6.61 Å². The predicted molar refractivity (Wildman–Crippen MR) is 41.4 cm³/mol. The molecule has 0 spiro atoms. The highest BCUT2D eigenvalue weighted by atomic mass is 16.5. The van der Waals surface area contributed by atoms with Gasteiger partial charge in [-0.05, 0) is 13.8 Å². The van der Waals surface area contributed by atoms with Crippen LogP contribution < -0.4 is 0 Å². The van der Waals surface area contributed by atoms with Gasteiger partial charge in [0.1, 0.15) is 6.07 Å². The summed E-state index contributed by atoms with van der Waals surface area (Å²) in [4.78, 5) is 32.5. The van der Waals surface area contributed by atoms with Crippen LogP contribution in [0.5, 0.6) is 0 Å². The normalized spacial score (nSPS) is 11.2. The molecule has 5 heteroatoms. The molecule has 0 saturated carbocycles. The van der Waals surface area contributed by atoms with Gasteiger partial charge in [-0.1, -0.05) is 0 Å². The highest BCUT2D eigenvalue weighted by Gasteiger charge is 2.32. The Labute approximate surface area is 75.3 Å². The van der Waals surface area contributed by atoms with E-state index in [9.17, 15) is 14.4 Å². The van der Waals surface area contributed by atoms with E-state index in [2.05, 4.69) is 4.74 Å². The van der Waals surface area contributed by atoms with E-state index in [0.29, 0.717) is 0 Å². The lowest BCUT2D eigenvalue weighted by atomic mass is 10.0. The molecule has 0 aromatic carbocycles. The monoisotopic (exact) mass is 183 g/mol. The largest absolute Gasteiger partial charge is 0.465 e. The van der Waals surface area contributed by atoms with Crippen LogP contribution in [0.1, 0.15) is 13.8 Å². The predicted octanol–water partition coefficient (Wildman–Crippen LogP) is -0.153. The van der Waals surface area contributed by atoms with Crippen molar-refractivity contribution in [2.24, 2.45) is 5.92 Å². The van der Waals surface area contributed by atoms with E-state index in [0.717, 1.165) is 6.92 Å². The van der Waals surface area contributed by atoms with Gasteiger partial charge in [0, 0.05) is 0 Å². The lowest BCUT2D eigenvalue weighted by Crippen LogP contribution is -2.31. The Balaban J connectivity index is 4.64. The zero-order valence-electron chi connectivity index (χ0n) is 7.36. The summed E-state index contributed by atoms with van der Waals surface area (Å²) >= 11 is 0. The number of rotatable bonds is 4. The van der Waals surface area contributed by atoms with Crippen molar-refractivity contribution in [1.29, 1.82) is 5.26 Å². The van der Waals surface area contributed by atoms with Crippen molar-refractivity contribution in [3.05, 3.63) is 0 Å². The average Bonchev–Trinajstić information content (AvgIpc) is 2.04. The maximum absolute atomic E-state index is 11.0. The minimum Gasteiger partial charge on any atom is -0.465 e. The summed E-state index contributed by atoms with van der Waals surface area (Å²) in [6.07, 6.45) is 0. The number of hydrogen-bond donors (Lipinski definition) is 0.